The molecule has 0 aliphatic carbocycles. The van der Waals surface area contributed by atoms with Gasteiger partial charge in [-0.1, -0.05) is 38.1 Å². The molecular weight excluding hydrogens is 480 g/mol. The molecule has 0 spiro atoms. The van der Waals surface area contributed by atoms with Gasteiger partial charge < -0.3 is 0 Å². The van der Waals surface area contributed by atoms with Crippen LogP contribution in [0.25, 0.3) is 0 Å². The highest BCUT2D eigenvalue weighted by molar-refractivity contribution is 6.02. The van der Waals surface area contributed by atoms with Gasteiger partial charge >= 0.3 is 0 Å². The van der Waals surface area contributed by atoms with E-state index in [1.54, 1.807) is 6.07 Å². The minimum Gasteiger partial charge on any atom is -0.293 e. The van der Waals surface area contributed by atoms with Gasteiger partial charge in [-0.2, -0.15) is 0 Å². The van der Waals surface area contributed by atoms with Gasteiger partial charge in [-0.25, -0.2) is 4.98 Å². The van der Waals surface area contributed by atoms with E-state index in [-0.39, 0.29) is 16.7 Å². The number of hydrogen-bond donors (Lipinski definition) is 0. The zero-order valence-electron chi connectivity index (χ0n) is 25.9. The molecule has 0 saturated carbocycles. The first-order chi connectivity index (χ1) is 18.1. The Morgan fingerprint density at radius 3 is 1.87 bits per heavy atom. The Kier molecular flexibility index (Phi) is 8.74. The van der Waals surface area contributed by atoms with Crippen molar-refractivity contribution in [3.63, 3.8) is 0 Å². The number of carbonyl (C=O) groups is 1. The lowest BCUT2D eigenvalue weighted by atomic mass is 9.74. The number of para-hydroxylation sites is 1. The molecule has 206 valence electrons. The van der Waals surface area contributed by atoms with E-state index in [0.29, 0.717) is 5.69 Å². The zero-order valence-corrected chi connectivity index (χ0v) is 25.9. The fourth-order valence-corrected chi connectivity index (χ4v) is 4.69. The van der Waals surface area contributed by atoms with Crippen molar-refractivity contribution >= 4 is 22.9 Å². The molecule has 1 aliphatic rings. The molecule has 2 aromatic heterocycles. The summed E-state index contributed by atoms with van der Waals surface area (Å²) in [6.07, 6.45) is 1.01. The number of carbonyl (C=O) groups excluding carboxylic acids is 1. The van der Waals surface area contributed by atoms with Crippen LogP contribution in [0, 0.1) is 47.0 Å². The fraction of sp³-hybridized carbons (Fsp3) is 0.441. The van der Waals surface area contributed by atoms with Crippen LogP contribution in [0.3, 0.4) is 0 Å². The van der Waals surface area contributed by atoms with Crippen LogP contribution in [-0.2, 0) is 0 Å². The van der Waals surface area contributed by atoms with Crippen LogP contribution < -0.4 is 0 Å². The third-order valence-electron chi connectivity index (χ3n) is 8.46. The SMILES string of the molecule is CC(=O)c1cccc(C(C)=Nc2c(C)cccc2C)n1.Cc1nc(C2=NC(C)(C)C(C)(C)C2)c(C)c(C)c1C. The van der Waals surface area contributed by atoms with E-state index in [9.17, 15) is 4.79 Å². The van der Waals surface area contributed by atoms with Crippen LogP contribution in [0.2, 0.25) is 0 Å². The molecule has 3 heterocycles. The summed E-state index contributed by atoms with van der Waals surface area (Å²) in [7, 11) is 0. The van der Waals surface area contributed by atoms with Gasteiger partial charge in [0.15, 0.2) is 5.78 Å². The van der Waals surface area contributed by atoms with Crippen molar-refractivity contribution in [2.75, 3.05) is 0 Å². The van der Waals surface area contributed by atoms with Gasteiger partial charge in [0.1, 0.15) is 5.69 Å². The molecule has 0 radical (unpaired) electrons. The summed E-state index contributed by atoms with van der Waals surface area (Å²) in [6.45, 7) is 25.2. The van der Waals surface area contributed by atoms with Crippen LogP contribution in [0.5, 0.6) is 0 Å². The number of benzene rings is 1. The van der Waals surface area contributed by atoms with Crippen molar-refractivity contribution in [2.24, 2.45) is 15.4 Å². The monoisotopic (exact) mass is 524 g/mol. The molecular formula is C34H44N4O. The standard InChI is InChI=1S/C17H18N2O.C17H26N2/c1-11-7-5-8-12(2)17(11)18-13(3)15-9-6-10-16(19-15)14(4)20;1-10-11(2)13(4)18-15(12(10)3)14-9-16(5,6)17(7,8)19-14/h5-10H,1-4H3;9H2,1-8H3. The Bertz CT molecular complexity index is 1450. The number of aliphatic imine (C=N–C) groups is 2. The van der Waals surface area contributed by atoms with Crippen molar-refractivity contribution in [1.29, 1.82) is 0 Å². The minimum absolute atomic E-state index is 0.0108. The maximum atomic E-state index is 11.4. The largest absolute Gasteiger partial charge is 0.293 e. The predicted molar refractivity (Wildman–Crippen MR) is 164 cm³/mol. The highest BCUT2D eigenvalue weighted by Gasteiger charge is 2.43. The average molecular weight is 525 g/mol. The summed E-state index contributed by atoms with van der Waals surface area (Å²) in [6, 6.07) is 11.5. The number of Topliss-reactive ketones (excluding diaryl/α,β-unsaturated/α-hetero) is 1. The van der Waals surface area contributed by atoms with Crippen molar-refractivity contribution in [3.05, 3.63) is 87.0 Å². The zero-order chi connectivity index (χ0) is 29.3. The van der Waals surface area contributed by atoms with Crippen LogP contribution >= 0.6 is 0 Å². The maximum absolute atomic E-state index is 11.4. The topological polar surface area (TPSA) is 67.6 Å². The number of ketones is 1. The summed E-state index contributed by atoms with van der Waals surface area (Å²) in [4.78, 5) is 30.2. The lowest BCUT2D eigenvalue weighted by Crippen LogP contribution is -2.32. The van der Waals surface area contributed by atoms with E-state index < -0.39 is 0 Å². The molecule has 4 rings (SSSR count). The molecule has 0 saturated heterocycles. The third kappa shape index (κ3) is 6.41. The molecule has 0 unspecified atom stereocenters. The first kappa shape index (κ1) is 30.1. The van der Waals surface area contributed by atoms with E-state index in [1.165, 1.54) is 29.3 Å². The van der Waals surface area contributed by atoms with Gasteiger partial charge in [-0.05, 0) is 114 Å². The second-order valence-corrected chi connectivity index (χ2v) is 12.0. The normalized spacial score (nSPS) is 15.9. The molecule has 0 N–H and O–H groups in total. The summed E-state index contributed by atoms with van der Waals surface area (Å²) < 4.78 is 0. The van der Waals surface area contributed by atoms with Crippen molar-refractivity contribution in [3.8, 4) is 0 Å². The molecule has 0 fully saturated rings. The van der Waals surface area contributed by atoms with E-state index >= 15 is 0 Å². The number of hydrogen-bond acceptors (Lipinski definition) is 5. The Labute approximate surface area is 235 Å². The summed E-state index contributed by atoms with van der Waals surface area (Å²) in [5, 5.41) is 0. The van der Waals surface area contributed by atoms with Gasteiger partial charge in [0.05, 0.1) is 34.0 Å². The second-order valence-electron chi connectivity index (χ2n) is 12.0. The summed E-state index contributed by atoms with van der Waals surface area (Å²) in [5.41, 5.74) is 12.8. The molecule has 39 heavy (non-hydrogen) atoms. The van der Waals surface area contributed by atoms with Crippen molar-refractivity contribution < 1.29 is 4.79 Å². The molecule has 1 aliphatic heterocycles. The smallest absolute Gasteiger partial charge is 0.178 e. The van der Waals surface area contributed by atoms with Crippen molar-refractivity contribution in [2.45, 2.75) is 95.0 Å². The number of nitrogens with zero attached hydrogens (tertiary/aromatic N) is 4. The molecule has 0 amide bonds. The van der Waals surface area contributed by atoms with E-state index in [4.69, 9.17) is 9.98 Å². The highest BCUT2D eigenvalue weighted by atomic mass is 16.1. The van der Waals surface area contributed by atoms with Crippen LogP contribution in [0.1, 0.15) is 103 Å². The van der Waals surface area contributed by atoms with E-state index in [0.717, 1.165) is 46.0 Å². The first-order valence-electron chi connectivity index (χ1n) is 13.7. The van der Waals surface area contributed by atoms with E-state index in [2.05, 4.69) is 65.4 Å². The van der Waals surface area contributed by atoms with Gasteiger partial charge in [0.25, 0.3) is 0 Å². The molecule has 1 aromatic carbocycles. The van der Waals surface area contributed by atoms with Crippen LogP contribution in [0.15, 0.2) is 46.4 Å². The maximum Gasteiger partial charge on any atom is 0.178 e. The minimum atomic E-state index is -0.0354. The predicted octanol–water partition coefficient (Wildman–Crippen LogP) is 8.35. The molecule has 0 atom stereocenters. The Morgan fingerprint density at radius 2 is 1.33 bits per heavy atom. The summed E-state index contributed by atoms with van der Waals surface area (Å²) >= 11 is 0. The first-order valence-corrected chi connectivity index (χ1v) is 13.7. The number of aryl methyl sites for hydroxylation is 3. The fourth-order valence-electron chi connectivity index (χ4n) is 4.69. The van der Waals surface area contributed by atoms with Gasteiger partial charge in [0, 0.05) is 12.6 Å². The quantitative estimate of drug-likeness (QED) is 0.254. The summed E-state index contributed by atoms with van der Waals surface area (Å²) in [5.74, 6) is -0.0354. The van der Waals surface area contributed by atoms with E-state index in [1.807, 2.05) is 51.1 Å². The lowest BCUT2D eigenvalue weighted by molar-refractivity contribution is 0.101. The number of aromatic nitrogens is 2. The van der Waals surface area contributed by atoms with Gasteiger partial charge in [-0.15, -0.1) is 0 Å². The van der Waals surface area contributed by atoms with Crippen molar-refractivity contribution in [1.82, 2.24) is 9.97 Å². The Morgan fingerprint density at radius 1 is 0.769 bits per heavy atom. The van der Waals surface area contributed by atoms with Gasteiger partial charge in [0.2, 0.25) is 0 Å². The number of rotatable bonds is 4. The lowest BCUT2D eigenvalue weighted by Gasteiger charge is -2.32. The number of pyridine rings is 2. The van der Waals surface area contributed by atoms with Gasteiger partial charge in [-0.3, -0.25) is 19.8 Å². The third-order valence-corrected chi connectivity index (χ3v) is 8.46. The molecule has 0 bridgehead atoms. The molecule has 3 aromatic rings. The van der Waals surface area contributed by atoms with Crippen LogP contribution in [0.4, 0.5) is 5.69 Å². The second kappa shape index (κ2) is 11.3. The van der Waals surface area contributed by atoms with Crippen LogP contribution in [-0.4, -0.2) is 32.7 Å². The molecule has 5 heteroatoms. The Hall–Kier alpha value is -3.47. The highest BCUT2D eigenvalue weighted by Crippen LogP contribution is 2.44. The average Bonchev–Trinajstić information content (AvgIpc) is 3.09. The Balaban J connectivity index is 0.000000216. The molecule has 5 nitrogen and oxygen atoms in total.